The van der Waals surface area contributed by atoms with Gasteiger partial charge in [-0.15, -0.1) is 0 Å². The summed E-state index contributed by atoms with van der Waals surface area (Å²) in [5.41, 5.74) is 4.52. The third kappa shape index (κ3) is 2.28. The Morgan fingerprint density at radius 3 is 2.16 bits per heavy atom. The highest BCUT2D eigenvalue weighted by Crippen LogP contribution is 2.43. The van der Waals surface area contributed by atoms with Gasteiger partial charge < -0.3 is 15.3 Å². The second-order valence-electron chi connectivity index (χ2n) is 4.63. The predicted octanol–water partition coefficient (Wildman–Crippen LogP) is 2.02. The summed E-state index contributed by atoms with van der Waals surface area (Å²) in [5, 5.41) is 0. The van der Waals surface area contributed by atoms with Gasteiger partial charge in [-0.05, 0) is 18.4 Å². The van der Waals surface area contributed by atoms with Gasteiger partial charge in [0, 0.05) is 0 Å². The van der Waals surface area contributed by atoms with Crippen molar-refractivity contribution in [2.24, 2.45) is 11.1 Å². The Hall–Kier alpha value is -1.68. The summed E-state index contributed by atoms with van der Waals surface area (Å²) in [6, 6.07) is 8.96. The molecule has 4 heteroatoms. The lowest BCUT2D eigenvalue weighted by Crippen LogP contribution is -2.58. The highest BCUT2D eigenvalue weighted by atomic mass is 16.5. The number of methoxy groups -OCH3 is 1. The summed E-state index contributed by atoms with van der Waals surface area (Å²) >= 11 is 0. The minimum atomic E-state index is -1.38. The van der Waals surface area contributed by atoms with E-state index in [1.54, 1.807) is 24.3 Å². The first-order chi connectivity index (χ1) is 9.02. The Morgan fingerprint density at radius 2 is 1.79 bits per heavy atom. The van der Waals surface area contributed by atoms with Crippen molar-refractivity contribution in [3.63, 3.8) is 0 Å². The van der Waals surface area contributed by atoms with Crippen molar-refractivity contribution in [1.29, 1.82) is 0 Å². The van der Waals surface area contributed by atoms with Crippen LogP contribution in [0.25, 0.3) is 0 Å². The molecule has 1 aromatic carbocycles. The van der Waals surface area contributed by atoms with Gasteiger partial charge in [-0.2, -0.15) is 0 Å². The van der Waals surface area contributed by atoms with Crippen LogP contribution in [0.15, 0.2) is 30.3 Å². The molecule has 1 rings (SSSR count). The minimum Gasteiger partial charge on any atom is -0.469 e. The molecule has 0 aliphatic carbocycles. The molecule has 0 saturated carbocycles. The molecule has 0 spiro atoms. The van der Waals surface area contributed by atoms with Crippen molar-refractivity contribution in [3.05, 3.63) is 35.9 Å². The average Bonchev–Trinajstić information content (AvgIpc) is 2.49. The minimum absolute atomic E-state index is 0.431. The number of hydrogen-bond donors (Lipinski definition) is 1. The second kappa shape index (κ2) is 5.97. The van der Waals surface area contributed by atoms with Crippen LogP contribution >= 0.6 is 0 Å². The Labute approximate surface area is 113 Å². The summed E-state index contributed by atoms with van der Waals surface area (Å²) in [5.74, 6) is -0.448. The molecule has 0 amide bonds. The van der Waals surface area contributed by atoms with Crippen LogP contribution in [-0.2, 0) is 19.9 Å². The zero-order valence-corrected chi connectivity index (χ0v) is 11.7. The molecule has 0 saturated heterocycles. The molecule has 1 unspecified atom stereocenters. The molecule has 0 fully saturated rings. The number of aldehydes is 1. The van der Waals surface area contributed by atoms with E-state index in [1.165, 1.54) is 7.11 Å². The van der Waals surface area contributed by atoms with Gasteiger partial charge in [-0.1, -0.05) is 44.2 Å². The van der Waals surface area contributed by atoms with Crippen molar-refractivity contribution in [3.8, 4) is 0 Å². The first-order valence-electron chi connectivity index (χ1n) is 6.41. The average molecular weight is 263 g/mol. The van der Waals surface area contributed by atoms with Gasteiger partial charge in [0.15, 0.2) is 0 Å². The molecule has 1 aromatic rings. The maximum Gasteiger partial charge on any atom is 0.314 e. The van der Waals surface area contributed by atoms with E-state index < -0.39 is 16.9 Å². The Morgan fingerprint density at radius 1 is 1.26 bits per heavy atom. The quantitative estimate of drug-likeness (QED) is 0.629. The number of rotatable bonds is 6. The molecule has 0 bridgehead atoms. The van der Waals surface area contributed by atoms with Gasteiger partial charge in [0.1, 0.15) is 11.8 Å². The molecule has 0 aliphatic rings. The van der Waals surface area contributed by atoms with Crippen molar-refractivity contribution in [2.75, 3.05) is 7.11 Å². The molecule has 2 N–H and O–H groups in total. The van der Waals surface area contributed by atoms with E-state index in [-0.39, 0.29) is 0 Å². The standard InChI is InChI=1S/C15H21NO3/c1-4-14(5-2,13(18)19-3)15(16,11-17)12-9-7-6-8-10-12/h6-11H,4-5,16H2,1-3H3. The van der Waals surface area contributed by atoms with E-state index in [2.05, 4.69) is 0 Å². The molecular weight excluding hydrogens is 242 g/mol. The second-order valence-corrected chi connectivity index (χ2v) is 4.63. The van der Waals surface area contributed by atoms with Crippen LogP contribution < -0.4 is 5.73 Å². The zero-order valence-electron chi connectivity index (χ0n) is 11.7. The topological polar surface area (TPSA) is 69.4 Å². The lowest BCUT2D eigenvalue weighted by atomic mass is 9.64. The van der Waals surface area contributed by atoms with Crippen molar-refractivity contribution in [1.82, 2.24) is 0 Å². The summed E-state index contributed by atoms with van der Waals surface area (Å²) in [7, 11) is 1.32. The highest BCUT2D eigenvalue weighted by Gasteiger charge is 2.54. The van der Waals surface area contributed by atoms with Gasteiger partial charge in [0.25, 0.3) is 0 Å². The normalized spacial score (nSPS) is 14.5. The number of benzene rings is 1. The third-order valence-electron chi connectivity index (χ3n) is 4.01. The third-order valence-corrected chi connectivity index (χ3v) is 4.01. The summed E-state index contributed by atoms with van der Waals surface area (Å²) in [4.78, 5) is 23.9. The first kappa shape index (κ1) is 15.4. The van der Waals surface area contributed by atoms with Crippen molar-refractivity contribution < 1.29 is 14.3 Å². The molecule has 1 atom stereocenters. The van der Waals surface area contributed by atoms with Crippen molar-refractivity contribution in [2.45, 2.75) is 32.2 Å². The number of ether oxygens (including phenoxy) is 1. The van der Waals surface area contributed by atoms with Crippen LogP contribution in [0.2, 0.25) is 0 Å². The van der Waals surface area contributed by atoms with Crippen LogP contribution in [0.3, 0.4) is 0 Å². The van der Waals surface area contributed by atoms with E-state index in [4.69, 9.17) is 10.5 Å². The van der Waals surface area contributed by atoms with Gasteiger partial charge in [0.2, 0.25) is 0 Å². The molecule has 0 aromatic heterocycles. The van der Waals surface area contributed by atoms with E-state index in [0.29, 0.717) is 24.7 Å². The lowest BCUT2D eigenvalue weighted by molar-refractivity contribution is -0.160. The van der Waals surface area contributed by atoms with E-state index in [1.807, 2.05) is 19.9 Å². The molecule has 104 valence electrons. The number of carbonyl (C=O) groups excluding carboxylic acids is 2. The first-order valence-corrected chi connectivity index (χ1v) is 6.41. The van der Waals surface area contributed by atoms with Crippen LogP contribution in [0.4, 0.5) is 0 Å². The van der Waals surface area contributed by atoms with Crippen LogP contribution in [0.1, 0.15) is 32.3 Å². The molecule has 19 heavy (non-hydrogen) atoms. The largest absolute Gasteiger partial charge is 0.469 e. The van der Waals surface area contributed by atoms with E-state index >= 15 is 0 Å². The van der Waals surface area contributed by atoms with Gasteiger partial charge in [-0.3, -0.25) is 4.79 Å². The van der Waals surface area contributed by atoms with Gasteiger partial charge in [-0.25, -0.2) is 0 Å². The van der Waals surface area contributed by atoms with E-state index in [0.717, 1.165) is 0 Å². The molecule has 0 radical (unpaired) electrons. The fourth-order valence-corrected chi connectivity index (χ4v) is 2.66. The molecule has 0 aliphatic heterocycles. The van der Waals surface area contributed by atoms with Crippen LogP contribution in [0.5, 0.6) is 0 Å². The number of nitrogens with two attached hydrogens (primary N) is 1. The number of carbonyl (C=O) groups is 2. The maximum atomic E-state index is 12.2. The number of hydrogen-bond acceptors (Lipinski definition) is 4. The van der Waals surface area contributed by atoms with Gasteiger partial charge in [0.05, 0.1) is 12.5 Å². The Balaban J connectivity index is 3.47. The van der Waals surface area contributed by atoms with E-state index in [9.17, 15) is 9.59 Å². The fourth-order valence-electron chi connectivity index (χ4n) is 2.66. The van der Waals surface area contributed by atoms with Gasteiger partial charge >= 0.3 is 5.97 Å². The van der Waals surface area contributed by atoms with Crippen LogP contribution in [-0.4, -0.2) is 19.4 Å². The Bertz CT molecular complexity index is 440. The summed E-state index contributed by atoms with van der Waals surface area (Å²) in [6.07, 6.45) is 1.52. The Kier molecular flexibility index (Phi) is 4.84. The fraction of sp³-hybridized carbons (Fsp3) is 0.467. The zero-order chi connectivity index (χ0) is 14.5. The monoisotopic (exact) mass is 263 g/mol. The molecular formula is C15H21NO3. The predicted molar refractivity (Wildman–Crippen MR) is 73.4 cm³/mol. The SMILES string of the molecule is CCC(CC)(C(=O)OC)C(N)(C=O)c1ccccc1. The van der Waals surface area contributed by atoms with Crippen molar-refractivity contribution >= 4 is 12.3 Å². The molecule has 4 nitrogen and oxygen atoms in total. The maximum absolute atomic E-state index is 12.2. The lowest BCUT2D eigenvalue weighted by Gasteiger charge is -2.42. The summed E-state index contributed by atoms with van der Waals surface area (Å²) < 4.78 is 4.89. The number of esters is 1. The van der Waals surface area contributed by atoms with Crippen LogP contribution in [0, 0.1) is 5.41 Å². The molecule has 0 heterocycles. The summed E-state index contributed by atoms with van der Waals surface area (Å²) in [6.45, 7) is 3.68. The smallest absolute Gasteiger partial charge is 0.314 e. The highest BCUT2D eigenvalue weighted by molar-refractivity contribution is 5.86.